The van der Waals surface area contributed by atoms with E-state index in [1.54, 1.807) is 18.9 Å². The van der Waals surface area contributed by atoms with Gasteiger partial charge < -0.3 is 16.0 Å². The van der Waals surface area contributed by atoms with Gasteiger partial charge in [0.15, 0.2) is 5.01 Å². The largest absolute Gasteiger partial charge is 0.353 e. The van der Waals surface area contributed by atoms with E-state index >= 15 is 0 Å². The zero-order chi connectivity index (χ0) is 24.4. The van der Waals surface area contributed by atoms with Crippen LogP contribution in [0.25, 0.3) is 0 Å². The predicted molar refractivity (Wildman–Crippen MR) is 126 cm³/mol. The average molecular weight is 485 g/mol. The highest BCUT2D eigenvalue weighted by Crippen LogP contribution is 2.29. The number of benzene rings is 1. The summed E-state index contributed by atoms with van der Waals surface area (Å²) in [4.78, 5) is 55.1. The van der Waals surface area contributed by atoms with E-state index in [0.29, 0.717) is 23.7 Å². The molecule has 1 aromatic heterocycles. The second-order valence-corrected chi connectivity index (χ2v) is 9.47. The Bertz CT molecular complexity index is 1130. The topological polar surface area (TPSA) is 124 Å². The van der Waals surface area contributed by atoms with Crippen molar-refractivity contribution in [3.8, 4) is 0 Å². The second-order valence-electron chi connectivity index (χ2n) is 8.47. The molecule has 3 heterocycles. The smallest absolute Gasteiger partial charge is 0.280 e. The molecule has 0 bridgehead atoms. The van der Waals surface area contributed by atoms with Crippen molar-refractivity contribution in [1.29, 1.82) is 0 Å². The van der Waals surface area contributed by atoms with Crippen LogP contribution in [0.3, 0.4) is 0 Å². The van der Waals surface area contributed by atoms with Crippen molar-refractivity contribution < 1.29 is 19.2 Å². The number of nitrogens with one attached hydrogen (secondary N) is 3. The second kappa shape index (κ2) is 9.90. The van der Waals surface area contributed by atoms with E-state index in [1.165, 1.54) is 7.05 Å². The first-order valence-electron chi connectivity index (χ1n) is 11.2. The summed E-state index contributed by atoms with van der Waals surface area (Å²) >= 11 is 1.00. The highest BCUT2D eigenvalue weighted by molar-refractivity contribution is 7.15. The van der Waals surface area contributed by atoms with Crippen LogP contribution in [0, 0.1) is 12.8 Å². The van der Waals surface area contributed by atoms with Gasteiger partial charge in [-0.25, -0.2) is 9.99 Å². The normalized spacial score (nSPS) is 18.5. The molecule has 11 heteroatoms. The Labute approximate surface area is 201 Å². The molecule has 0 radical (unpaired) electrons. The highest BCUT2D eigenvalue weighted by atomic mass is 32.1. The summed E-state index contributed by atoms with van der Waals surface area (Å²) in [5.74, 6) is -1.80. The fraction of sp³-hybridized carbons (Fsp3) is 0.435. The summed E-state index contributed by atoms with van der Waals surface area (Å²) in [7, 11) is 1.50. The minimum Gasteiger partial charge on any atom is -0.353 e. The molecule has 4 amide bonds. The summed E-state index contributed by atoms with van der Waals surface area (Å²) in [6.45, 7) is 5.51. The van der Waals surface area contributed by atoms with Gasteiger partial charge in [-0.15, -0.1) is 11.3 Å². The Balaban J connectivity index is 1.42. The number of hydrogen-bond donors (Lipinski definition) is 3. The maximum absolute atomic E-state index is 13.3. The maximum Gasteiger partial charge on any atom is 0.280 e. The molecule has 0 saturated carbocycles. The van der Waals surface area contributed by atoms with Crippen molar-refractivity contribution in [2.45, 2.75) is 32.9 Å². The number of thiazole rings is 1. The quantitative estimate of drug-likeness (QED) is 0.562. The lowest BCUT2D eigenvalue weighted by Crippen LogP contribution is -2.47. The molecule has 1 aromatic carbocycles. The Kier molecular flexibility index (Phi) is 6.94. The first-order valence-corrected chi connectivity index (χ1v) is 12.0. The van der Waals surface area contributed by atoms with Gasteiger partial charge in [0.1, 0.15) is 10.9 Å². The predicted octanol–water partition coefficient (Wildman–Crippen LogP) is 0.997. The monoisotopic (exact) mass is 484 g/mol. The molecule has 1 unspecified atom stereocenters. The van der Waals surface area contributed by atoms with Gasteiger partial charge in [0.25, 0.3) is 17.7 Å². The molecular formula is C23H28N6O4S. The number of nitrogens with zero attached hydrogens (tertiary/aromatic N) is 3. The van der Waals surface area contributed by atoms with Crippen molar-refractivity contribution in [2.24, 2.45) is 5.92 Å². The molecule has 2 aliphatic rings. The zero-order valence-electron chi connectivity index (χ0n) is 19.4. The number of hydrogen-bond acceptors (Lipinski definition) is 7. The SMILES string of the molecule is CNC(=O)c1nc(C)c(C(=O)NC[C@@H](C)C(=O)NC2C(=O)N3CCCN3Cc3ccccc32)s1. The molecule has 1 saturated heterocycles. The van der Waals surface area contributed by atoms with Gasteiger partial charge in [0.05, 0.1) is 11.6 Å². The van der Waals surface area contributed by atoms with Gasteiger partial charge in [-0.05, 0) is 24.5 Å². The van der Waals surface area contributed by atoms with Crippen LogP contribution in [0.1, 0.15) is 55.7 Å². The molecule has 2 aliphatic heterocycles. The summed E-state index contributed by atoms with van der Waals surface area (Å²) in [6.07, 6.45) is 0.898. The van der Waals surface area contributed by atoms with Crippen LogP contribution in [-0.2, 0) is 16.1 Å². The molecule has 4 rings (SSSR count). The number of aryl methyl sites for hydroxylation is 1. The molecule has 3 N–H and O–H groups in total. The van der Waals surface area contributed by atoms with Crippen molar-refractivity contribution in [3.05, 3.63) is 51.0 Å². The van der Waals surface area contributed by atoms with E-state index in [4.69, 9.17) is 0 Å². The number of rotatable bonds is 6. The summed E-state index contributed by atoms with van der Waals surface area (Å²) in [5.41, 5.74) is 2.27. The van der Waals surface area contributed by atoms with Crippen LogP contribution < -0.4 is 16.0 Å². The Morgan fingerprint density at radius 3 is 2.74 bits per heavy atom. The lowest BCUT2D eigenvalue weighted by molar-refractivity contribution is -0.148. The minimum absolute atomic E-state index is 0.0791. The molecule has 0 aliphatic carbocycles. The Morgan fingerprint density at radius 1 is 1.21 bits per heavy atom. The van der Waals surface area contributed by atoms with Crippen molar-refractivity contribution in [1.82, 2.24) is 31.0 Å². The first-order chi connectivity index (χ1) is 16.3. The van der Waals surface area contributed by atoms with Gasteiger partial charge in [-0.2, -0.15) is 0 Å². The third kappa shape index (κ3) is 4.66. The number of carbonyl (C=O) groups excluding carboxylic acids is 4. The van der Waals surface area contributed by atoms with Crippen molar-refractivity contribution in [3.63, 3.8) is 0 Å². The summed E-state index contributed by atoms with van der Waals surface area (Å²) in [6, 6.07) is 6.89. The van der Waals surface area contributed by atoms with Crippen LogP contribution in [0.4, 0.5) is 0 Å². The molecule has 1 fully saturated rings. The number of fused-ring (bicyclic) bond motifs is 2. The third-order valence-electron chi connectivity index (χ3n) is 6.07. The fourth-order valence-corrected chi connectivity index (χ4v) is 5.10. The van der Waals surface area contributed by atoms with Gasteiger partial charge in [0.2, 0.25) is 5.91 Å². The van der Waals surface area contributed by atoms with Gasteiger partial charge >= 0.3 is 0 Å². The molecular weight excluding hydrogens is 456 g/mol. The number of carbonyl (C=O) groups is 4. The molecule has 0 spiro atoms. The number of hydrazine groups is 1. The lowest BCUT2D eigenvalue weighted by atomic mass is 9.99. The number of amides is 4. The van der Waals surface area contributed by atoms with Crippen LogP contribution in [0.5, 0.6) is 0 Å². The van der Waals surface area contributed by atoms with E-state index < -0.39 is 17.9 Å². The van der Waals surface area contributed by atoms with Crippen molar-refractivity contribution in [2.75, 3.05) is 26.7 Å². The molecule has 34 heavy (non-hydrogen) atoms. The highest BCUT2D eigenvalue weighted by Gasteiger charge is 2.38. The molecule has 2 atom stereocenters. The van der Waals surface area contributed by atoms with Gasteiger partial charge in [-0.3, -0.25) is 24.2 Å². The fourth-order valence-electron chi connectivity index (χ4n) is 4.17. The minimum atomic E-state index is -0.774. The van der Waals surface area contributed by atoms with Crippen LogP contribution >= 0.6 is 11.3 Å². The summed E-state index contributed by atoms with van der Waals surface area (Å²) < 4.78 is 0. The van der Waals surface area contributed by atoms with Crippen LogP contribution in [-0.4, -0.2) is 65.3 Å². The number of aromatic nitrogens is 1. The standard InChI is InChI=1S/C23H28N6O4S/c1-13(11-25-20(31)18-14(2)26-22(34-18)21(32)24-3)19(30)27-17-16-8-5-4-7-15(16)12-28-9-6-10-29(28)23(17)33/h4-5,7-8,13,17H,6,9-12H2,1-3H3,(H,24,32)(H,25,31)(H,27,30)/t13-,17?/m1/s1. The van der Waals surface area contributed by atoms with Crippen molar-refractivity contribution >= 4 is 35.0 Å². The third-order valence-corrected chi connectivity index (χ3v) is 7.23. The van der Waals surface area contributed by atoms with E-state index in [2.05, 4.69) is 20.9 Å². The van der Waals surface area contributed by atoms with Crippen LogP contribution in [0.2, 0.25) is 0 Å². The Hall–Kier alpha value is -3.31. The maximum atomic E-state index is 13.3. The molecule has 2 aromatic rings. The van der Waals surface area contributed by atoms with Gasteiger partial charge in [-0.1, -0.05) is 31.2 Å². The first kappa shape index (κ1) is 23.8. The average Bonchev–Trinajstić information content (AvgIpc) is 3.44. The molecule has 10 nitrogen and oxygen atoms in total. The van der Waals surface area contributed by atoms with Crippen LogP contribution in [0.15, 0.2) is 24.3 Å². The van der Waals surface area contributed by atoms with E-state index in [-0.39, 0.29) is 29.3 Å². The Morgan fingerprint density at radius 2 is 1.97 bits per heavy atom. The van der Waals surface area contributed by atoms with E-state index in [0.717, 1.165) is 35.4 Å². The lowest BCUT2D eigenvalue weighted by Gasteiger charge is -2.28. The zero-order valence-corrected chi connectivity index (χ0v) is 20.2. The van der Waals surface area contributed by atoms with E-state index in [9.17, 15) is 19.2 Å². The van der Waals surface area contributed by atoms with Gasteiger partial charge in [0, 0.05) is 33.2 Å². The van der Waals surface area contributed by atoms with E-state index in [1.807, 2.05) is 29.3 Å². The molecule has 180 valence electrons. The summed E-state index contributed by atoms with van der Waals surface area (Å²) in [5, 5.41) is 12.1.